The van der Waals surface area contributed by atoms with E-state index in [2.05, 4.69) is 11.8 Å². The molecule has 0 bridgehead atoms. The molecule has 1 N–H and O–H groups in total. The van der Waals surface area contributed by atoms with Crippen molar-refractivity contribution in [3.05, 3.63) is 0 Å². The summed E-state index contributed by atoms with van der Waals surface area (Å²) in [7, 11) is -3.00. The Morgan fingerprint density at radius 3 is 2.80 bits per heavy atom. The van der Waals surface area contributed by atoms with E-state index in [0.717, 1.165) is 38.9 Å². The molecule has 1 saturated heterocycles. The van der Waals surface area contributed by atoms with Crippen molar-refractivity contribution in [3.63, 3.8) is 0 Å². The number of hydrogen-bond donors (Lipinski definition) is 1. The maximum Gasteiger partial charge on any atom is 0.150 e. The topological polar surface area (TPSA) is 66.8 Å². The van der Waals surface area contributed by atoms with E-state index in [1.165, 1.54) is 6.26 Å². The standard InChI is InChI=1S/C14H27NO4S/c1-3-15-7-8-19-13(10-15)14(16)11-5-4-6-12(9-11)20(2,17)18/h11-14,16H,3-10H2,1-2H3. The molecule has 5 nitrogen and oxygen atoms in total. The van der Waals surface area contributed by atoms with Crippen LogP contribution in [0.3, 0.4) is 0 Å². The zero-order valence-electron chi connectivity index (χ0n) is 12.5. The van der Waals surface area contributed by atoms with Crippen LogP contribution < -0.4 is 0 Å². The average molecular weight is 305 g/mol. The van der Waals surface area contributed by atoms with Crippen molar-refractivity contribution in [2.24, 2.45) is 5.92 Å². The fourth-order valence-corrected chi connectivity index (χ4v) is 4.60. The van der Waals surface area contributed by atoms with Crippen LogP contribution in [0.4, 0.5) is 0 Å². The highest BCUT2D eigenvalue weighted by Crippen LogP contribution is 2.32. The second-order valence-electron chi connectivity index (χ2n) is 6.17. The molecule has 0 aromatic heterocycles. The molecule has 0 radical (unpaired) electrons. The molecule has 2 aliphatic rings. The minimum atomic E-state index is -3.00. The Labute approximate surface area is 122 Å². The van der Waals surface area contributed by atoms with Gasteiger partial charge in [0, 0.05) is 19.3 Å². The third kappa shape index (κ3) is 3.93. The van der Waals surface area contributed by atoms with E-state index in [1.807, 2.05) is 0 Å². The minimum Gasteiger partial charge on any atom is -0.390 e. The molecular weight excluding hydrogens is 278 g/mol. The number of ether oxygens (including phenoxy) is 1. The third-order valence-corrected chi connectivity index (χ3v) is 6.40. The monoisotopic (exact) mass is 305 g/mol. The van der Waals surface area contributed by atoms with Crippen molar-refractivity contribution in [1.29, 1.82) is 0 Å². The molecule has 118 valence electrons. The van der Waals surface area contributed by atoms with Crippen LogP contribution in [0.2, 0.25) is 0 Å². The van der Waals surface area contributed by atoms with Gasteiger partial charge < -0.3 is 9.84 Å². The molecular formula is C14H27NO4S. The first kappa shape index (κ1) is 16.2. The van der Waals surface area contributed by atoms with Crippen molar-refractivity contribution in [1.82, 2.24) is 4.90 Å². The summed E-state index contributed by atoms with van der Waals surface area (Å²) in [6, 6.07) is 0. The van der Waals surface area contributed by atoms with Crippen LogP contribution >= 0.6 is 0 Å². The molecule has 0 spiro atoms. The first-order valence-electron chi connectivity index (χ1n) is 7.62. The van der Waals surface area contributed by atoms with E-state index >= 15 is 0 Å². The molecule has 6 heteroatoms. The lowest BCUT2D eigenvalue weighted by Crippen LogP contribution is -2.50. The number of aliphatic hydroxyl groups excluding tert-OH is 1. The molecule has 1 heterocycles. The van der Waals surface area contributed by atoms with E-state index in [1.54, 1.807) is 0 Å². The number of hydrogen-bond acceptors (Lipinski definition) is 5. The number of aliphatic hydroxyl groups is 1. The van der Waals surface area contributed by atoms with Crippen molar-refractivity contribution < 1.29 is 18.3 Å². The van der Waals surface area contributed by atoms with Gasteiger partial charge in [-0.15, -0.1) is 0 Å². The fourth-order valence-electron chi connectivity index (χ4n) is 3.41. The van der Waals surface area contributed by atoms with Gasteiger partial charge in [-0.2, -0.15) is 0 Å². The molecule has 2 rings (SSSR count). The molecule has 20 heavy (non-hydrogen) atoms. The zero-order valence-corrected chi connectivity index (χ0v) is 13.3. The fraction of sp³-hybridized carbons (Fsp3) is 1.00. The van der Waals surface area contributed by atoms with Gasteiger partial charge in [0.15, 0.2) is 0 Å². The van der Waals surface area contributed by atoms with Gasteiger partial charge in [-0.1, -0.05) is 13.3 Å². The average Bonchev–Trinajstić information content (AvgIpc) is 2.46. The molecule has 2 fully saturated rings. The Balaban J connectivity index is 1.96. The quantitative estimate of drug-likeness (QED) is 0.827. The second kappa shape index (κ2) is 6.73. The van der Waals surface area contributed by atoms with Gasteiger partial charge in [0.2, 0.25) is 0 Å². The summed E-state index contributed by atoms with van der Waals surface area (Å²) < 4.78 is 29.1. The van der Waals surface area contributed by atoms with Gasteiger partial charge in [-0.25, -0.2) is 8.42 Å². The van der Waals surface area contributed by atoms with Crippen LogP contribution in [-0.2, 0) is 14.6 Å². The maximum atomic E-state index is 11.7. The van der Waals surface area contributed by atoms with Crippen LogP contribution in [0.15, 0.2) is 0 Å². The number of morpholine rings is 1. The molecule has 4 unspecified atom stereocenters. The van der Waals surface area contributed by atoms with Crippen LogP contribution in [0.1, 0.15) is 32.6 Å². The summed E-state index contributed by atoms with van der Waals surface area (Å²) >= 11 is 0. The number of likely N-dealkylation sites (N-methyl/N-ethyl adjacent to an activating group) is 1. The first-order valence-corrected chi connectivity index (χ1v) is 9.58. The van der Waals surface area contributed by atoms with Crippen molar-refractivity contribution in [3.8, 4) is 0 Å². The minimum absolute atomic E-state index is 0.0466. The summed E-state index contributed by atoms with van der Waals surface area (Å²) in [5, 5.41) is 10.3. The van der Waals surface area contributed by atoms with E-state index in [0.29, 0.717) is 13.0 Å². The Morgan fingerprint density at radius 1 is 1.40 bits per heavy atom. The van der Waals surface area contributed by atoms with Gasteiger partial charge in [0.25, 0.3) is 0 Å². The van der Waals surface area contributed by atoms with Gasteiger partial charge in [-0.3, -0.25) is 4.90 Å². The zero-order chi connectivity index (χ0) is 14.8. The Kier molecular flexibility index (Phi) is 5.45. The van der Waals surface area contributed by atoms with E-state index < -0.39 is 15.9 Å². The van der Waals surface area contributed by atoms with Crippen LogP contribution in [0.5, 0.6) is 0 Å². The Hall–Kier alpha value is -0.170. The third-order valence-electron chi connectivity index (χ3n) is 4.76. The maximum absolute atomic E-state index is 11.7. The van der Waals surface area contributed by atoms with Crippen LogP contribution in [-0.4, -0.2) is 68.4 Å². The SMILES string of the molecule is CCN1CCOC(C(O)C2CCCC(S(C)(=O)=O)C2)C1. The molecule has 0 amide bonds. The highest BCUT2D eigenvalue weighted by atomic mass is 32.2. The molecule has 1 aliphatic heterocycles. The molecule has 1 aliphatic carbocycles. The normalized spacial score (nSPS) is 34.9. The predicted octanol–water partition coefficient (Wildman–Crippen LogP) is 0.671. The summed E-state index contributed by atoms with van der Waals surface area (Å²) in [5.74, 6) is 0.0466. The largest absolute Gasteiger partial charge is 0.390 e. The highest BCUT2D eigenvalue weighted by molar-refractivity contribution is 7.91. The lowest BCUT2D eigenvalue weighted by molar-refractivity contribution is -0.108. The lowest BCUT2D eigenvalue weighted by Gasteiger charge is -2.39. The van der Waals surface area contributed by atoms with E-state index in [-0.39, 0.29) is 17.3 Å². The van der Waals surface area contributed by atoms with Gasteiger partial charge in [-0.05, 0) is 31.7 Å². The van der Waals surface area contributed by atoms with E-state index in [4.69, 9.17) is 4.74 Å². The predicted molar refractivity (Wildman–Crippen MR) is 78.5 cm³/mol. The number of sulfone groups is 1. The first-order chi connectivity index (χ1) is 9.41. The number of nitrogens with zero attached hydrogens (tertiary/aromatic N) is 1. The van der Waals surface area contributed by atoms with Gasteiger partial charge in [0.1, 0.15) is 9.84 Å². The van der Waals surface area contributed by atoms with E-state index in [9.17, 15) is 13.5 Å². The molecule has 0 aromatic rings. The second-order valence-corrected chi connectivity index (χ2v) is 8.50. The van der Waals surface area contributed by atoms with Crippen LogP contribution in [0, 0.1) is 5.92 Å². The van der Waals surface area contributed by atoms with Crippen molar-refractivity contribution in [2.45, 2.75) is 50.1 Å². The lowest BCUT2D eigenvalue weighted by atomic mass is 9.82. The summed E-state index contributed by atoms with van der Waals surface area (Å²) in [4.78, 5) is 2.27. The van der Waals surface area contributed by atoms with Crippen molar-refractivity contribution >= 4 is 9.84 Å². The summed E-state index contributed by atoms with van der Waals surface area (Å²) in [6.07, 6.45) is 3.67. The van der Waals surface area contributed by atoms with Gasteiger partial charge in [0.05, 0.1) is 24.1 Å². The molecule has 4 atom stereocenters. The Bertz CT molecular complexity index is 411. The van der Waals surface area contributed by atoms with Crippen molar-refractivity contribution in [2.75, 3.05) is 32.5 Å². The molecule has 0 aromatic carbocycles. The number of rotatable bonds is 4. The summed E-state index contributed by atoms with van der Waals surface area (Å²) in [6.45, 7) is 5.38. The smallest absolute Gasteiger partial charge is 0.150 e. The highest BCUT2D eigenvalue weighted by Gasteiger charge is 2.37. The summed E-state index contributed by atoms with van der Waals surface area (Å²) in [5.41, 5.74) is 0. The van der Waals surface area contributed by atoms with Crippen LogP contribution in [0.25, 0.3) is 0 Å². The van der Waals surface area contributed by atoms with Gasteiger partial charge >= 0.3 is 0 Å². The molecule has 1 saturated carbocycles. The Morgan fingerprint density at radius 2 is 2.15 bits per heavy atom.